The van der Waals surface area contributed by atoms with E-state index < -0.39 is 17.7 Å². The first-order valence-electron chi connectivity index (χ1n) is 9.86. The molecule has 0 spiro atoms. The molecular formula is C23H16F2N4O3. The normalized spacial score (nSPS) is 20.1. The Kier molecular flexibility index (Phi) is 4.82. The Morgan fingerprint density at radius 1 is 1.09 bits per heavy atom. The number of hydrogen-bond acceptors (Lipinski definition) is 5. The maximum Gasteiger partial charge on any atom is 0.320 e. The van der Waals surface area contributed by atoms with Gasteiger partial charge in [0.15, 0.2) is 11.6 Å². The summed E-state index contributed by atoms with van der Waals surface area (Å²) in [6, 6.07) is 13.1. The molecule has 3 atom stereocenters. The number of pyridine rings is 1. The van der Waals surface area contributed by atoms with Crippen LogP contribution < -0.4 is 20.1 Å². The van der Waals surface area contributed by atoms with Crippen molar-refractivity contribution in [3.05, 3.63) is 77.5 Å². The summed E-state index contributed by atoms with van der Waals surface area (Å²) in [4.78, 5) is 16.5. The molecule has 160 valence electrons. The van der Waals surface area contributed by atoms with Gasteiger partial charge in [-0.25, -0.2) is 18.6 Å². The van der Waals surface area contributed by atoms with Gasteiger partial charge in [0.05, 0.1) is 24.4 Å². The number of halogens is 2. The zero-order chi connectivity index (χ0) is 22.2. The van der Waals surface area contributed by atoms with Crippen molar-refractivity contribution in [2.45, 2.75) is 12.0 Å². The molecule has 2 unspecified atom stereocenters. The predicted octanol–water partition coefficient (Wildman–Crippen LogP) is 4.32. The maximum absolute atomic E-state index is 14.2. The quantitative estimate of drug-likeness (QED) is 0.638. The number of benzene rings is 2. The summed E-state index contributed by atoms with van der Waals surface area (Å²) in [5.74, 6) is -0.352. The molecule has 1 fully saturated rings. The predicted molar refractivity (Wildman–Crippen MR) is 109 cm³/mol. The number of amides is 2. The van der Waals surface area contributed by atoms with Gasteiger partial charge < -0.3 is 14.8 Å². The first-order valence-corrected chi connectivity index (χ1v) is 9.86. The molecule has 1 aliphatic carbocycles. The van der Waals surface area contributed by atoms with Crippen LogP contribution in [0.2, 0.25) is 0 Å². The molecule has 7 nitrogen and oxygen atoms in total. The highest BCUT2D eigenvalue weighted by atomic mass is 19.1. The number of urea groups is 1. The third-order valence-corrected chi connectivity index (χ3v) is 5.51. The number of nitrogens with one attached hydrogen (secondary N) is 2. The molecule has 9 heteroatoms. The van der Waals surface area contributed by atoms with E-state index in [2.05, 4.69) is 15.6 Å². The molecular weight excluding hydrogens is 418 g/mol. The largest absolute Gasteiger partial charge is 0.490 e. The Labute approximate surface area is 181 Å². The highest BCUT2D eigenvalue weighted by molar-refractivity contribution is 5.89. The fraction of sp³-hybridized carbons (Fsp3) is 0.174. The second-order valence-electron chi connectivity index (χ2n) is 7.51. The van der Waals surface area contributed by atoms with Crippen molar-refractivity contribution in [3.63, 3.8) is 0 Å². The first kappa shape index (κ1) is 19.8. The van der Waals surface area contributed by atoms with Crippen LogP contribution in [0.1, 0.15) is 17.0 Å². The van der Waals surface area contributed by atoms with E-state index in [1.807, 2.05) is 6.07 Å². The van der Waals surface area contributed by atoms with Gasteiger partial charge in [0.1, 0.15) is 23.1 Å². The van der Waals surface area contributed by atoms with Crippen LogP contribution in [0.4, 0.5) is 19.4 Å². The first-order chi connectivity index (χ1) is 15.5. The van der Waals surface area contributed by atoms with Gasteiger partial charge in [0.25, 0.3) is 0 Å². The van der Waals surface area contributed by atoms with E-state index in [0.717, 1.165) is 12.1 Å². The minimum absolute atomic E-state index is 0.0736. The summed E-state index contributed by atoms with van der Waals surface area (Å²) in [5, 5.41) is 14.2. The Hall–Kier alpha value is -4.19. The van der Waals surface area contributed by atoms with Crippen molar-refractivity contribution in [3.8, 4) is 23.3 Å². The fourth-order valence-electron chi connectivity index (χ4n) is 3.91. The summed E-state index contributed by atoms with van der Waals surface area (Å²) in [6.45, 7) is 0.211. The lowest BCUT2D eigenvalue weighted by Crippen LogP contribution is -2.32. The number of nitriles is 1. The maximum atomic E-state index is 14.2. The lowest BCUT2D eigenvalue weighted by atomic mass is 10.0. The number of nitrogens with zero attached hydrogens (tertiary/aromatic N) is 2. The molecule has 0 bridgehead atoms. The van der Waals surface area contributed by atoms with Gasteiger partial charge >= 0.3 is 6.03 Å². The number of hydrogen-bond donors (Lipinski definition) is 2. The third-order valence-electron chi connectivity index (χ3n) is 5.51. The Bertz CT molecular complexity index is 1230. The molecule has 0 radical (unpaired) electrons. The van der Waals surface area contributed by atoms with Crippen LogP contribution in [-0.4, -0.2) is 23.7 Å². The van der Waals surface area contributed by atoms with Crippen LogP contribution in [-0.2, 0) is 0 Å². The zero-order valence-corrected chi connectivity index (χ0v) is 16.5. The van der Waals surface area contributed by atoms with E-state index in [9.17, 15) is 13.6 Å². The van der Waals surface area contributed by atoms with E-state index in [-0.39, 0.29) is 35.8 Å². The van der Waals surface area contributed by atoms with Crippen molar-refractivity contribution in [1.82, 2.24) is 10.3 Å². The fourth-order valence-corrected chi connectivity index (χ4v) is 3.91. The lowest BCUT2D eigenvalue weighted by Gasteiger charge is -2.16. The highest BCUT2D eigenvalue weighted by Gasteiger charge is 2.57. The molecule has 2 aliphatic rings. The Morgan fingerprint density at radius 3 is 2.56 bits per heavy atom. The zero-order valence-electron chi connectivity index (χ0n) is 16.5. The molecule has 2 heterocycles. The third kappa shape index (κ3) is 3.67. The van der Waals surface area contributed by atoms with Crippen LogP contribution in [0.5, 0.6) is 17.2 Å². The number of ether oxygens (including phenoxy) is 2. The summed E-state index contributed by atoms with van der Waals surface area (Å²) in [6.07, 6.45) is 1.45. The second kappa shape index (κ2) is 7.81. The SMILES string of the molecule is N#Cc1ccc(Oc2ccc(NC(=O)N[C@@H]3C4COc5c(F)ccc(F)c5C43)nc2)cc1. The molecule has 2 aromatic carbocycles. The van der Waals surface area contributed by atoms with Crippen LogP contribution in [0.3, 0.4) is 0 Å². The molecule has 2 amide bonds. The van der Waals surface area contributed by atoms with E-state index in [1.165, 1.54) is 6.20 Å². The van der Waals surface area contributed by atoms with Gasteiger partial charge in [-0.15, -0.1) is 0 Å². The van der Waals surface area contributed by atoms with Gasteiger partial charge in [-0.2, -0.15) is 5.26 Å². The van der Waals surface area contributed by atoms with E-state index >= 15 is 0 Å². The van der Waals surface area contributed by atoms with Crippen LogP contribution in [0.25, 0.3) is 0 Å². The second-order valence-corrected chi connectivity index (χ2v) is 7.51. The molecule has 2 N–H and O–H groups in total. The van der Waals surface area contributed by atoms with Crippen molar-refractivity contribution in [1.29, 1.82) is 5.26 Å². The Morgan fingerprint density at radius 2 is 1.84 bits per heavy atom. The number of rotatable bonds is 4. The van der Waals surface area contributed by atoms with Crippen LogP contribution >= 0.6 is 0 Å². The number of anilines is 1. The summed E-state index contributed by atoms with van der Waals surface area (Å²) < 4.78 is 39.1. The number of carbonyl (C=O) groups excluding carboxylic acids is 1. The van der Waals surface area contributed by atoms with Gasteiger partial charge in [-0.3, -0.25) is 5.32 Å². The number of fused-ring (bicyclic) bond motifs is 3. The van der Waals surface area contributed by atoms with Crippen LogP contribution in [0.15, 0.2) is 54.7 Å². The smallest absolute Gasteiger partial charge is 0.320 e. The average molecular weight is 434 g/mol. The van der Waals surface area contributed by atoms with E-state index in [0.29, 0.717) is 22.9 Å². The summed E-state index contributed by atoms with van der Waals surface area (Å²) in [7, 11) is 0. The highest BCUT2D eigenvalue weighted by Crippen LogP contribution is 2.55. The molecule has 1 aromatic heterocycles. The number of carbonyl (C=O) groups is 1. The van der Waals surface area contributed by atoms with Crippen molar-refractivity contribution in [2.24, 2.45) is 5.92 Å². The summed E-state index contributed by atoms with van der Waals surface area (Å²) >= 11 is 0. The van der Waals surface area contributed by atoms with E-state index in [1.54, 1.807) is 36.4 Å². The molecule has 0 saturated heterocycles. The van der Waals surface area contributed by atoms with Crippen LogP contribution in [0, 0.1) is 28.9 Å². The van der Waals surface area contributed by atoms with Gasteiger partial charge in [-0.1, -0.05) is 0 Å². The molecule has 5 rings (SSSR count). The molecule has 1 saturated carbocycles. The molecule has 1 aliphatic heterocycles. The van der Waals surface area contributed by atoms with Crippen molar-refractivity contribution >= 4 is 11.8 Å². The van der Waals surface area contributed by atoms with Gasteiger partial charge in [0.2, 0.25) is 0 Å². The minimum atomic E-state index is -0.609. The Balaban J connectivity index is 1.19. The monoisotopic (exact) mass is 434 g/mol. The van der Waals surface area contributed by atoms with Crippen molar-refractivity contribution in [2.75, 3.05) is 11.9 Å². The van der Waals surface area contributed by atoms with E-state index in [4.69, 9.17) is 14.7 Å². The van der Waals surface area contributed by atoms with Gasteiger partial charge in [0, 0.05) is 23.4 Å². The van der Waals surface area contributed by atoms with Crippen molar-refractivity contribution < 1.29 is 23.0 Å². The van der Waals surface area contributed by atoms with Gasteiger partial charge in [-0.05, 0) is 48.5 Å². The number of aromatic nitrogens is 1. The molecule has 3 aromatic rings. The topological polar surface area (TPSA) is 96.3 Å². The minimum Gasteiger partial charge on any atom is -0.490 e. The molecule has 32 heavy (non-hydrogen) atoms. The average Bonchev–Trinajstić information content (AvgIpc) is 3.50. The lowest BCUT2D eigenvalue weighted by molar-refractivity contribution is 0.247. The summed E-state index contributed by atoms with van der Waals surface area (Å²) in [5.41, 5.74) is 0.702. The standard InChI is InChI=1S/C23H16F2N4O3/c24-16-6-7-17(25)22-20(16)19-15(11-31-22)21(19)29-23(30)28-18-8-5-14(10-27-18)32-13-3-1-12(9-26)2-4-13/h1-8,10,15,19,21H,11H2,(H2,27,28,29,30)/t15?,19?,21-/m1/s1.